The van der Waals surface area contributed by atoms with Crippen molar-refractivity contribution in [2.24, 2.45) is 4.99 Å². The van der Waals surface area contributed by atoms with Crippen LogP contribution in [-0.2, 0) is 11.3 Å². The largest absolute Gasteiger partial charge is 0.450 e. The molecule has 0 atom stereocenters. The first kappa shape index (κ1) is 21.5. The Morgan fingerprint density at radius 3 is 2.76 bits per heavy atom. The van der Waals surface area contributed by atoms with Gasteiger partial charge in [-0.2, -0.15) is 5.10 Å². The van der Waals surface area contributed by atoms with E-state index in [9.17, 15) is 4.79 Å². The summed E-state index contributed by atoms with van der Waals surface area (Å²) in [4.78, 5) is 17.7. The highest BCUT2D eigenvalue weighted by Crippen LogP contribution is 2.11. The van der Waals surface area contributed by atoms with Crippen molar-refractivity contribution < 1.29 is 9.53 Å². The first-order valence-corrected chi connectivity index (χ1v) is 8.59. The number of guanidine groups is 1. The molecule has 8 nitrogen and oxygen atoms in total. The quantitative estimate of drug-likeness (QED) is 0.290. The molecule has 25 heavy (non-hydrogen) atoms. The zero-order valence-electron chi connectivity index (χ0n) is 15.0. The molecule has 1 aliphatic heterocycles. The number of hydrogen-bond donors (Lipinski definition) is 2. The summed E-state index contributed by atoms with van der Waals surface area (Å²) in [5.74, 6) is 0.810. The zero-order chi connectivity index (χ0) is 17.2. The molecule has 0 saturated carbocycles. The van der Waals surface area contributed by atoms with Gasteiger partial charge in [0.2, 0.25) is 0 Å². The van der Waals surface area contributed by atoms with Crippen molar-refractivity contribution in [2.75, 3.05) is 33.3 Å². The molecule has 0 aliphatic carbocycles. The maximum atomic E-state index is 11.7. The highest BCUT2D eigenvalue weighted by atomic mass is 127. The van der Waals surface area contributed by atoms with E-state index < -0.39 is 0 Å². The lowest BCUT2D eigenvalue weighted by Crippen LogP contribution is -2.50. The molecule has 1 saturated heterocycles. The first-order chi connectivity index (χ1) is 11.7. The maximum absolute atomic E-state index is 11.7. The number of nitrogens with zero attached hydrogens (tertiary/aromatic N) is 4. The summed E-state index contributed by atoms with van der Waals surface area (Å²) in [5, 5.41) is 10.9. The molecule has 2 N–H and O–H groups in total. The molecule has 0 aromatic carbocycles. The van der Waals surface area contributed by atoms with Crippen LogP contribution in [0.1, 0.15) is 26.2 Å². The Bertz CT molecular complexity index is 515. The van der Waals surface area contributed by atoms with Crippen LogP contribution in [0.5, 0.6) is 0 Å². The number of ether oxygens (including phenoxy) is 1. The predicted molar refractivity (Wildman–Crippen MR) is 108 cm³/mol. The summed E-state index contributed by atoms with van der Waals surface area (Å²) in [6.45, 7) is 5.40. The molecule has 9 heteroatoms. The van der Waals surface area contributed by atoms with E-state index in [1.54, 1.807) is 18.1 Å². The number of aliphatic imine (C=N–C) groups is 1. The molecular formula is C16H29IN6O2. The first-order valence-electron chi connectivity index (χ1n) is 8.59. The van der Waals surface area contributed by atoms with Gasteiger partial charge in [-0.15, -0.1) is 24.0 Å². The normalized spacial score (nSPS) is 15.4. The van der Waals surface area contributed by atoms with Crippen LogP contribution >= 0.6 is 24.0 Å². The van der Waals surface area contributed by atoms with Gasteiger partial charge < -0.3 is 20.3 Å². The average molecular weight is 464 g/mol. The van der Waals surface area contributed by atoms with Crippen molar-refractivity contribution in [3.05, 3.63) is 18.5 Å². The second-order valence-corrected chi connectivity index (χ2v) is 5.73. The van der Waals surface area contributed by atoms with Gasteiger partial charge in [0.15, 0.2) is 5.96 Å². The third-order valence-electron chi connectivity index (χ3n) is 4.00. The topological polar surface area (TPSA) is 83.8 Å². The summed E-state index contributed by atoms with van der Waals surface area (Å²) >= 11 is 0. The van der Waals surface area contributed by atoms with Gasteiger partial charge in [-0.3, -0.25) is 9.67 Å². The molecule has 2 heterocycles. The van der Waals surface area contributed by atoms with Crippen LogP contribution < -0.4 is 10.6 Å². The van der Waals surface area contributed by atoms with E-state index in [-0.39, 0.29) is 30.1 Å². The lowest BCUT2D eigenvalue weighted by Gasteiger charge is -2.32. The van der Waals surface area contributed by atoms with Crippen LogP contribution in [0.4, 0.5) is 4.79 Å². The van der Waals surface area contributed by atoms with Crippen LogP contribution in [0, 0.1) is 0 Å². The molecule has 1 amide bonds. The highest BCUT2D eigenvalue weighted by molar-refractivity contribution is 14.0. The van der Waals surface area contributed by atoms with Gasteiger partial charge in [-0.25, -0.2) is 4.79 Å². The van der Waals surface area contributed by atoms with Crippen molar-refractivity contribution in [3.8, 4) is 0 Å². The van der Waals surface area contributed by atoms with E-state index in [2.05, 4.69) is 20.7 Å². The van der Waals surface area contributed by atoms with Gasteiger partial charge in [0.05, 0.1) is 6.61 Å². The second kappa shape index (κ2) is 11.9. The minimum absolute atomic E-state index is 0. The third-order valence-corrected chi connectivity index (χ3v) is 4.00. The molecule has 1 aromatic rings. The van der Waals surface area contributed by atoms with Crippen molar-refractivity contribution >= 4 is 36.0 Å². The van der Waals surface area contributed by atoms with Gasteiger partial charge in [0, 0.05) is 51.7 Å². The Kier molecular flexibility index (Phi) is 10.3. The fourth-order valence-corrected chi connectivity index (χ4v) is 2.69. The Morgan fingerprint density at radius 2 is 2.16 bits per heavy atom. The maximum Gasteiger partial charge on any atom is 0.409 e. The standard InChI is InChI=1S/C16H28N6O2.HI/c1-3-24-16(23)21-12-6-14(7-13-21)20-15(17-2)18-8-4-10-22-11-5-9-19-22;/h5,9,11,14H,3-4,6-8,10,12-13H2,1-2H3,(H2,17,18,20);1H. The molecule has 1 aliphatic rings. The fourth-order valence-electron chi connectivity index (χ4n) is 2.69. The Morgan fingerprint density at radius 1 is 1.40 bits per heavy atom. The van der Waals surface area contributed by atoms with Crippen LogP contribution in [0.25, 0.3) is 0 Å². The fraction of sp³-hybridized carbons (Fsp3) is 0.688. The van der Waals surface area contributed by atoms with Crippen molar-refractivity contribution in [1.82, 2.24) is 25.3 Å². The van der Waals surface area contributed by atoms with Crippen LogP contribution in [0.3, 0.4) is 0 Å². The number of hydrogen-bond acceptors (Lipinski definition) is 4. The minimum atomic E-state index is -0.211. The molecule has 1 aromatic heterocycles. The van der Waals surface area contributed by atoms with Crippen LogP contribution in [0.15, 0.2) is 23.5 Å². The number of carbonyl (C=O) groups excluding carboxylic acids is 1. The smallest absolute Gasteiger partial charge is 0.409 e. The number of likely N-dealkylation sites (tertiary alicyclic amines) is 1. The van der Waals surface area contributed by atoms with E-state index in [4.69, 9.17) is 4.74 Å². The van der Waals surface area contributed by atoms with E-state index in [1.165, 1.54) is 0 Å². The SMILES string of the molecule is CCOC(=O)N1CCC(NC(=NC)NCCCn2cccn2)CC1.I. The van der Waals surface area contributed by atoms with E-state index >= 15 is 0 Å². The molecule has 142 valence electrons. The predicted octanol–water partition coefficient (Wildman–Crippen LogP) is 1.68. The lowest BCUT2D eigenvalue weighted by atomic mass is 10.1. The number of carbonyl (C=O) groups is 1. The van der Waals surface area contributed by atoms with E-state index in [1.807, 2.05) is 23.9 Å². The van der Waals surface area contributed by atoms with E-state index in [0.717, 1.165) is 38.3 Å². The molecular weight excluding hydrogens is 435 g/mol. The lowest BCUT2D eigenvalue weighted by molar-refractivity contribution is 0.0963. The molecule has 0 radical (unpaired) electrons. The van der Waals surface area contributed by atoms with Gasteiger partial charge in [-0.1, -0.05) is 0 Å². The van der Waals surface area contributed by atoms with Crippen molar-refractivity contribution in [1.29, 1.82) is 0 Å². The Balaban J connectivity index is 0.00000312. The number of aromatic nitrogens is 2. The number of halogens is 1. The van der Waals surface area contributed by atoms with Gasteiger partial charge in [-0.05, 0) is 32.3 Å². The molecule has 0 unspecified atom stereocenters. The molecule has 0 bridgehead atoms. The summed E-state index contributed by atoms with van der Waals surface area (Å²) in [5.41, 5.74) is 0. The zero-order valence-corrected chi connectivity index (χ0v) is 17.3. The molecule has 2 rings (SSSR count). The number of rotatable bonds is 6. The monoisotopic (exact) mass is 464 g/mol. The number of nitrogens with one attached hydrogen (secondary N) is 2. The van der Waals surface area contributed by atoms with E-state index in [0.29, 0.717) is 25.7 Å². The average Bonchev–Trinajstić information content (AvgIpc) is 3.12. The Labute approximate surface area is 166 Å². The van der Waals surface area contributed by atoms with Crippen molar-refractivity contribution in [3.63, 3.8) is 0 Å². The number of amides is 1. The third kappa shape index (κ3) is 7.49. The summed E-state index contributed by atoms with van der Waals surface area (Å²) in [7, 11) is 1.77. The number of piperidine rings is 1. The van der Waals surface area contributed by atoms with Crippen molar-refractivity contribution in [2.45, 2.75) is 38.8 Å². The molecule has 0 spiro atoms. The van der Waals surface area contributed by atoms with Gasteiger partial charge >= 0.3 is 6.09 Å². The van der Waals surface area contributed by atoms with Gasteiger partial charge in [0.25, 0.3) is 0 Å². The molecule has 1 fully saturated rings. The minimum Gasteiger partial charge on any atom is -0.450 e. The van der Waals surface area contributed by atoms with Crippen LogP contribution in [-0.4, -0.2) is 66.1 Å². The Hall–Kier alpha value is -1.52. The summed E-state index contributed by atoms with van der Waals surface area (Å²) in [6, 6.07) is 2.25. The van der Waals surface area contributed by atoms with Crippen LogP contribution in [0.2, 0.25) is 0 Å². The highest BCUT2D eigenvalue weighted by Gasteiger charge is 2.23. The summed E-state index contributed by atoms with van der Waals surface area (Å²) in [6.07, 6.45) is 6.31. The summed E-state index contributed by atoms with van der Waals surface area (Å²) < 4.78 is 6.96. The number of aryl methyl sites for hydroxylation is 1. The second-order valence-electron chi connectivity index (χ2n) is 5.73. The van der Waals surface area contributed by atoms with Gasteiger partial charge in [0.1, 0.15) is 0 Å².